The molecule has 1 aliphatic heterocycles. The number of halogens is 4. The number of rotatable bonds is 9. The molecule has 0 bridgehead atoms. The second kappa shape index (κ2) is 10.8. The number of nitrogens with zero attached hydrogens (tertiary/aromatic N) is 4. The number of anilines is 1. The lowest BCUT2D eigenvalue weighted by molar-refractivity contribution is -0.134. The van der Waals surface area contributed by atoms with E-state index in [1.807, 2.05) is 13.0 Å². The number of aromatic nitrogens is 2. The van der Waals surface area contributed by atoms with Crippen molar-refractivity contribution in [2.24, 2.45) is 0 Å². The normalized spacial score (nSPS) is 21.2. The summed E-state index contributed by atoms with van der Waals surface area (Å²) < 4.78 is 85.7. The highest BCUT2D eigenvalue weighted by molar-refractivity contribution is 8.26. The molecular formula is C21H24F4N8O3S2. The van der Waals surface area contributed by atoms with Crippen molar-refractivity contribution in [2.75, 3.05) is 24.6 Å². The summed E-state index contributed by atoms with van der Waals surface area (Å²) in [5.74, 6) is 0. The van der Waals surface area contributed by atoms with Crippen molar-refractivity contribution < 1.29 is 30.7 Å². The Kier molecular flexibility index (Phi) is 8.00. The van der Waals surface area contributed by atoms with Gasteiger partial charge in [-0.05, 0) is 37.6 Å². The zero-order valence-corrected chi connectivity index (χ0v) is 21.6. The Morgan fingerprint density at radius 1 is 1.37 bits per heavy atom. The largest absolute Gasteiger partial charge is 0.365 e. The van der Waals surface area contributed by atoms with Crippen molar-refractivity contribution >= 4 is 43.2 Å². The van der Waals surface area contributed by atoms with Gasteiger partial charge >= 0.3 is 6.61 Å². The average Bonchev–Trinajstić information content (AvgIpc) is 3.47. The van der Waals surface area contributed by atoms with Crippen LogP contribution in [0.15, 0.2) is 23.4 Å². The van der Waals surface area contributed by atoms with Gasteiger partial charge in [-0.25, -0.2) is 22.2 Å². The van der Waals surface area contributed by atoms with Crippen molar-refractivity contribution in [1.82, 2.24) is 19.4 Å². The third-order valence-electron chi connectivity index (χ3n) is 6.03. The Hall–Kier alpha value is -2.78. The standard InChI is InChI=1S/C21H24F4N8O3S2/c1-11-6-32(7-12(30-11)9-36-20(24)25)14-4-13(38(34,35)31-21(10-26)2-3-21)8-33-15(5-29-19(14)33)17(27)37-18(28)16(22)23/h4-5,8,11-12,16,20,27-28,30-31H,2-3,6-7,9H2,1H3/t11-,12+/m1/s1. The van der Waals surface area contributed by atoms with Gasteiger partial charge in [0.15, 0.2) is 5.65 Å². The van der Waals surface area contributed by atoms with E-state index in [0.717, 1.165) is 0 Å². The first-order chi connectivity index (χ1) is 17.8. The van der Waals surface area contributed by atoms with Gasteiger partial charge < -0.3 is 15.0 Å². The molecule has 1 saturated carbocycles. The average molecular weight is 577 g/mol. The number of sulfonamides is 1. The van der Waals surface area contributed by atoms with Gasteiger partial charge in [0.1, 0.15) is 20.5 Å². The van der Waals surface area contributed by atoms with Crippen molar-refractivity contribution in [3.63, 3.8) is 0 Å². The van der Waals surface area contributed by atoms with E-state index >= 15 is 0 Å². The van der Waals surface area contributed by atoms with Gasteiger partial charge in [0.2, 0.25) is 10.0 Å². The predicted molar refractivity (Wildman–Crippen MR) is 132 cm³/mol. The molecule has 4 rings (SSSR count). The minimum Gasteiger partial charge on any atom is -0.365 e. The number of hydrogen-bond acceptors (Lipinski definition) is 10. The molecule has 38 heavy (non-hydrogen) atoms. The molecule has 0 aromatic carbocycles. The molecule has 17 heteroatoms. The third kappa shape index (κ3) is 6.10. The second-order valence-electron chi connectivity index (χ2n) is 9.06. The Balaban J connectivity index is 1.78. The lowest BCUT2D eigenvalue weighted by Gasteiger charge is -2.39. The predicted octanol–water partition coefficient (Wildman–Crippen LogP) is 2.38. The number of nitriles is 1. The van der Waals surface area contributed by atoms with Crippen LogP contribution in [0.3, 0.4) is 0 Å². The van der Waals surface area contributed by atoms with Crippen LogP contribution in [-0.2, 0) is 14.8 Å². The molecule has 0 unspecified atom stereocenters. The van der Waals surface area contributed by atoms with E-state index in [1.165, 1.54) is 22.9 Å². The van der Waals surface area contributed by atoms with Crippen LogP contribution in [0.2, 0.25) is 0 Å². The van der Waals surface area contributed by atoms with Gasteiger partial charge in [0.05, 0.1) is 30.3 Å². The fourth-order valence-electron chi connectivity index (χ4n) is 4.14. The van der Waals surface area contributed by atoms with Crippen LogP contribution < -0.4 is 14.9 Å². The SMILES string of the molecule is C[C@@H]1CN(c2cc(S(=O)(=O)NC3(C#N)CC3)cn3c(C(=N)SC(=N)C(F)F)cnc23)C[C@@H](COC(F)F)N1. The summed E-state index contributed by atoms with van der Waals surface area (Å²) in [7, 11) is -4.25. The fraction of sp³-hybridized carbons (Fsp3) is 0.524. The summed E-state index contributed by atoms with van der Waals surface area (Å²) in [5, 5.41) is 26.6. The van der Waals surface area contributed by atoms with Crippen LogP contribution in [0.4, 0.5) is 23.2 Å². The molecule has 2 atom stereocenters. The zero-order chi connectivity index (χ0) is 27.8. The number of nitrogens with one attached hydrogen (secondary N) is 4. The highest BCUT2D eigenvalue weighted by Crippen LogP contribution is 2.37. The number of piperazine rings is 1. The van der Waals surface area contributed by atoms with E-state index in [4.69, 9.17) is 10.8 Å². The molecule has 1 saturated heterocycles. The summed E-state index contributed by atoms with van der Waals surface area (Å²) >= 11 is 0.205. The van der Waals surface area contributed by atoms with Gasteiger partial charge in [-0.3, -0.25) is 15.2 Å². The van der Waals surface area contributed by atoms with E-state index < -0.39 is 44.7 Å². The molecule has 206 valence electrons. The molecule has 2 aromatic heterocycles. The topological polar surface area (TPSA) is 159 Å². The maximum Gasteiger partial charge on any atom is 0.345 e. The second-order valence-corrected chi connectivity index (χ2v) is 11.8. The number of pyridine rings is 1. The first kappa shape index (κ1) is 28.2. The molecule has 11 nitrogen and oxygen atoms in total. The van der Waals surface area contributed by atoms with Crippen molar-refractivity contribution in [3.05, 3.63) is 24.2 Å². The van der Waals surface area contributed by atoms with Crippen LogP contribution in [-0.4, -0.2) is 78.2 Å². The van der Waals surface area contributed by atoms with E-state index in [0.29, 0.717) is 19.4 Å². The Morgan fingerprint density at radius 3 is 2.68 bits per heavy atom. The van der Waals surface area contributed by atoms with Crippen LogP contribution in [0, 0.1) is 22.1 Å². The van der Waals surface area contributed by atoms with Gasteiger partial charge in [-0.1, -0.05) is 0 Å². The van der Waals surface area contributed by atoms with Crippen LogP contribution >= 0.6 is 11.8 Å². The quantitative estimate of drug-likeness (QED) is 0.201. The smallest absolute Gasteiger partial charge is 0.345 e. The molecule has 2 aliphatic rings. The summed E-state index contributed by atoms with van der Waals surface area (Å²) in [6.07, 6.45) is -0.0393. The molecule has 0 spiro atoms. The van der Waals surface area contributed by atoms with E-state index in [-0.39, 0.29) is 52.9 Å². The summed E-state index contributed by atoms with van der Waals surface area (Å²) in [5.41, 5.74) is -0.770. The lowest BCUT2D eigenvalue weighted by Crippen LogP contribution is -2.57. The fourth-order valence-corrected chi connectivity index (χ4v) is 6.10. The highest BCUT2D eigenvalue weighted by Gasteiger charge is 2.47. The number of imidazole rings is 1. The maximum absolute atomic E-state index is 13.3. The van der Waals surface area contributed by atoms with E-state index in [2.05, 4.69) is 19.8 Å². The van der Waals surface area contributed by atoms with Crippen molar-refractivity contribution in [2.45, 2.75) is 55.3 Å². The van der Waals surface area contributed by atoms with Crippen LogP contribution in [0.1, 0.15) is 25.5 Å². The zero-order valence-electron chi connectivity index (χ0n) is 19.9. The van der Waals surface area contributed by atoms with E-state index in [9.17, 15) is 31.2 Å². The first-order valence-corrected chi connectivity index (χ1v) is 13.6. The third-order valence-corrected chi connectivity index (χ3v) is 8.34. The summed E-state index contributed by atoms with van der Waals surface area (Å²) in [4.78, 5) is 5.76. The highest BCUT2D eigenvalue weighted by atomic mass is 32.2. The minimum atomic E-state index is -4.25. The molecule has 2 fully saturated rings. The molecule has 1 aliphatic carbocycles. The number of thioether (sulfide) groups is 1. The molecule has 2 aromatic rings. The van der Waals surface area contributed by atoms with Crippen molar-refractivity contribution in [3.8, 4) is 6.07 Å². The molecule has 0 amide bonds. The van der Waals surface area contributed by atoms with Gasteiger partial charge in [-0.2, -0.15) is 18.8 Å². The van der Waals surface area contributed by atoms with Crippen LogP contribution in [0.25, 0.3) is 5.65 Å². The summed E-state index contributed by atoms with van der Waals surface area (Å²) in [6.45, 7) is -0.978. The Morgan fingerprint density at radius 2 is 2.08 bits per heavy atom. The molecule has 3 heterocycles. The number of fused-ring (bicyclic) bond motifs is 1. The maximum atomic E-state index is 13.3. The van der Waals surface area contributed by atoms with Gasteiger partial charge in [0.25, 0.3) is 6.43 Å². The first-order valence-electron chi connectivity index (χ1n) is 11.3. The monoisotopic (exact) mass is 576 g/mol. The number of alkyl halides is 4. The van der Waals surface area contributed by atoms with E-state index in [1.54, 1.807) is 4.90 Å². The number of ether oxygens (including phenoxy) is 1. The summed E-state index contributed by atoms with van der Waals surface area (Å²) in [6, 6.07) is 2.54. The minimum absolute atomic E-state index is 0.0316. The van der Waals surface area contributed by atoms with Gasteiger partial charge in [0, 0.05) is 31.4 Å². The lowest BCUT2D eigenvalue weighted by atomic mass is 10.1. The Bertz CT molecular complexity index is 1390. The molecule has 0 radical (unpaired) electrons. The molecular weight excluding hydrogens is 552 g/mol. The van der Waals surface area contributed by atoms with Crippen molar-refractivity contribution in [1.29, 1.82) is 16.1 Å². The van der Waals surface area contributed by atoms with Crippen LogP contribution in [0.5, 0.6) is 0 Å². The van der Waals surface area contributed by atoms with Gasteiger partial charge in [-0.15, -0.1) is 0 Å². The molecule has 4 N–H and O–H groups in total. The number of hydrogen-bond donors (Lipinski definition) is 4. The Labute approximate surface area is 219 Å².